The van der Waals surface area contributed by atoms with Crippen molar-refractivity contribution < 1.29 is 14.6 Å². The Kier molecular flexibility index (Phi) is 3.65. The minimum atomic E-state index is -0.935. The number of carboxylic acid groups (broad SMARTS) is 1. The number of hydrogen-bond donors (Lipinski definition) is 1. The van der Waals surface area contributed by atoms with Crippen molar-refractivity contribution in [2.24, 2.45) is 0 Å². The first-order chi connectivity index (χ1) is 12.2. The number of carbonyl (C=O) groups is 1. The van der Waals surface area contributed by atoms with Gasteiger partial charge in [0, 0.05) is 22.8 Å². The van der Waals surface area contributed by atoms with Crippen LogP contribution >= 0.6 is 0 Å². The predicted octanol–water partition coefficient (Wildman–Crippen LogP) is 4.55. The summed E-state index contributed by atoms with van der Waals surface area (Å²) < 4.78 is 7.69. The topological polar surface area (TPSA) is 51.5 Å². The van der Waals surface area contributed by atoms with Crippen molar-refractivity contribution in [1.82, 2.24) is 4.57 Å². The van der Waals surface area contributed by atoms with Crippen molar-refractivity contribution in [2.45, 2.75) is 6.54 Å². The van der Waals surface area contributed by atoms with Crippen LogP contribution in [0.4, 0.5) is 0 Å². The number of carboxylic acids is 1. The molecule has 0 bridgehead atoms. The average Bonchev–Trinajstić information content (AvgIpc) is 2.97. The zero-order chi connectivity index (χ0) is 17.4. The monoisotopic (exact) mass is 331 g/mol. The SMILES string of the molecule is COc1ccc(C(=O)O)c2c3ccccc3n(Cc3ccccc3)c12. The molecule has 1 aromatic heterocycles. The number of methoxy groups -OCH3 is 1. The molecule has 0 radical (unpaired) electrons. The second-order valence-corrected chi connectivity index (χ2v) is 5.93. The van der Waals surface area contributed by atoms with Gasteiger partial charge in [-0.25, -0.2) is 4.79 Å². The predicted molar refractivity (Wildman–Crippen MR) is 98.5 cm³/mol. The molecular weight excluding hydrogens is 314 g/mol. The molecule has 0 saturated carbocycles. The van der Waals surface area contributed by atoms with Gasteiger partial charge in [-0.15, -0.1) is 0 Å². The summed E-state index contributed by atoms with van der Waals surface area (Å²) in [4.78, 5) is 11.8. The fraction of sp³-hybridized carbons (Fsp3) is 0.0952. The number of ether oxygens (including phenoxy) is 1. The van der Waals surface area contributed by atoms with Gasteiger partial charge in [0.15, 0.2) is 0 Å². The van der Waals surface area contributed by atoms with Crippen molar-refractivity contribution in [1.29, 1.82) is 0 Å². The highest BCUT2D eigenvalue weighted by Gasteiger charge is 2.20. The van der Waals surface area contributed by atoms with Crippen LogP contribution in [0, 0.1) is 0 Å². The largest absolute Gasteiger partial charge is 0.495 e. The summed E-state index contributed by atoms with van der Waals surface area (Å²) in [5.74, 6) is -0.262. The number of aromatic nitrogens is 1. The Morgan fingerprint density at radius 1 is 1.00 bits per heavy atom. The Morgan fingerprint density at radius 2 is 1.72 bits per heavy atom. The number of rotatable bonds is 4. The van der Waals surface area contributed by atoms with Gasteiger partial charge in [-0.2, -0.15) is 0 Å². The maximum absolute atomic E-state index is 11.8. The zero-order valence-corrected chi connectivity index (χ0v) is 13.8. The molecule has 124 valence electrons. The van der Waals surface area contributed by atoms with Crippen LogP contribution in [0.3, 0.4) is 0 Å². The molecular formula is C21H17NO3. The van der Waals surface area contributed by atoms with Gasteiger partial charge in [0.2, 0.25) is 0 Å². The summed E-state index contributed by atoms with van der Waals surface area (Å²) in [5.41, 5.74) is 3.24. The lowest BCUT2D eigenvalue weighted by Crippen LogP contribution is -2.02. The Morgan fingerprint density at radius 3 is 2.44 bits per heavy atom. The van der Waals surface area contributed by atoms with Crippen molar-refractivity contribution in [3.8, 4) is 5.75 Å². The lowest BCUT2D eigenvalue weighted by atomic mass is 10.1. The van der Waals surface area contributed by atoms with E-state index in [9.17, 15) is 9.90 Å². The van der Waals surface area contributed by atoms with Gasteiger partial charge < -0.3 is 14.4 Å². The molecule has 0 amide bonds. The number of aromatic carboxylic acids is 1. The van der Waals surface area contributed by atoms with E-state index in [1.54, 1.807) is 19.2 Å². The van der Waals surface area contributed by atoms with Gasteiger partial charge in [-0.3, -0.25) is 0 Å². The van der Waals surface area contributed by atoms with E-state index in [1.165, 1.54) is 0 Å². The summed E-state index contributed by atoms with van der Waals surface area (Å²) in [5, 5.41) is 11.3. The Hall–Kier alpha value is -3.27. The first-order valence-corrected chi connectivity index (χ1v) is 8.06. The molecule has 4 rings (SSSR count). The van der Waals surface area contributed by atoms with E-state index >= 15 is 0 Å². The minimum absolute atomic E-state index is 0.291. The molecule has 0 unspecified atom stereocenters. The third kappa shape index (κ3) is 2.43. The molecule has 0 spiro atoms. The third-order valence-corrected chi connectivity index (χ3v) is 4.51. The molecule has 4 nitrogen and oxygen atoms in total. The summed E-state index contributed by atoms with van der Waals surface area (Å²) in [6.07, 6.45) is 0. The smallest absolute Gasteiger partial charge is 0.336 e. The standard InChI is InChI=1S/C21H17NO3/c1-25-18-12-11-16(21(23)24)19-15-9-5-6-10-17(15)22(20(18)19)13-14-7-3-2-4-8-14/h2-12H,13H2,1H3,(H,23,24). The number of fused-ring (bicyclic) bond motifs is 3. The van der Waals surface area contributed by atoms with Crippen LogP contribution in [-0.2, 0) is 6.54 Å². The summed E-state index contributed by atoms with van der Waals surface area (Å²) in [6, 6.07) is 21.3. The molecule has 3 aromatic carbocycles. The summed E-state index contributed by atoms with van der Waals surface area (Å²) in [7, 11) is 1.61. The van der Waals surface area contributed by atoms with E-state index in [2.05, 4.69) is 16.7 Å². The molecule has 1 N–H and O–H groups in total. The fourth-order valence-corrected chi connectivity index (χ4v) is 3.43. The third-order valence-electron chi connectivity index (χ3n) is 4.51. The summed E-state index contributed by atoms with van der Waals surface area (Å²) >= 11 is 0. The second-order valence-electron chi connectivity index (χ2n) is 5.93. The highest BCUT2D eigenvalue weighted by molar-refractivity contribution is 6.18. The molecule has 0 fully saturated rings. The number of para-hydroxylation sites is 1. The second kappa shape index (κ2) is 5.98. The van der Waals surface area contributed by atoms with Crippen LogP contribution in [0.1, 0.15) is 15.9 Å². The highest BCUT2D eigenvalue weighted by Crippen LogP contribution is 2.37. The van der Waals surface area contributed by atoms with Gasteiger partial charge in [0.05, 0.1) is 18.2 Å². The molecule has 25 heavy (non-hydrogen) atoms. The molecule has 0 saturated heterocycles. The molecule has 0 aliphatic rings. The molecule has 4 aromatic rings. The van der Waals surface area contributed by atoms with Crippen LogP contribution < -0.4 is 4.74 Å². The van der Waals surface area contributed by atoms with Crippen LogP contribution in [0.5, 0.6) is 5.75 Å². The number of nitrogens with zero attached hydrogens (tertiary/aromatic N) is 1. The van der Waals surface area contributed by atoms with Crippen molar-refractivity contribution >= 4 is 27.8 Å². The van der Waals surface area contributed by atoms with Crippen LogP contribution in [0.2, 0.25) is 0 Å². The van der Waals surface area contributed by atoms with Crippen LogP contribution in [0.15, 0.2) is 66.7 Å². The van der Waals surface area contributed by atoms with E-state index in [4.69, 9.17) is 4.74 Å². The molecule has 0 aliphatic carbocycles. The van der Waals surface area contributed by atoms with E-state index in [-0.39, 0.29) is 0 Å². The van der Waals surface area contributed by atoms with E-state index < -0.39 is 5.97 Å². The molecule has 0 aliphatic heterocycles. The quantitative estimate of drug-likeness (QED) is 0.597. The first kappa shape index (κ1) is 15.3. The van der Waals surface area contributed by atoms with E-state index in [1.807, 2.05) is 42.5 Å². The Balaban J connectivity index is 2.12. The van der Waals surface area contributed by atoms with Gasteiger partial charge in [-0.05, 0) is 23.8 Å². The molecule has 1 heterocycles. The van der Waals surface area contributed by atoms with Gasteiger partial charge in [0.25, 0.3) is 0 Å². The minimum Gasteiger partial charge on any atom is -0.495 e. The van der Waals surface area contributed by atoms with Crippen LogP contribution in [-0.4, -0.2) is 22.8 Å². The van der Waals surface area contributed by atoms with Crippen molar-refractivity contribution in [3.05, 3.63) is 77.9 Å². The van der Waals surface area contributed by atoms with Crippen molar-refractivity contribution in [2.75, 3.05) is 7.11 Å². The van der Waals surface area contributed by atoms with Gasteiger partial charge in [-0.1, -0.05) is 48.5 Å². The van der Waals surface area contributed by atoms with Gasteiger partial charge >= 0.3 is 5.97 Å². The van der Waals surface area contributed by atoms with Gasteiger partial charge in [0.1, 0.15) is 5.75 Å². The molecule has 0 atom stereocenters. The first-order valence-electron chi connectivity index (χ1n) is 8.06. The van der Waals surface area contributed by atoms with Crippen LogP contribution in [0.25, 0.3) is 21.8 Å². The highest BCUT2D eigenvalue weighted by atomic mass is 16.5. The number of benzene rings is 3. The van der Waals surface area contributed by atoms with E-state index in [0.717, 1.165) is 27.4 Å². The molecule has 4 heteroatoms. The van der Waals surface area contributed by atoms with E-state index in [0.29, 0.717) is 17.9 Å². The number of hydrogen-bond acceptors (Lipinski definition) is 2. The maximum Gasteiger partial charge on any atom is 0.336 e. The summed E-state index contributed by atoms with van der Waals surface area (Å²) in [6.45, 7) is 0.643. The average molecular weight is 331 g/mol. The maximum atomic E-state index is 11.8. The Labute approximate surface area is 144 Å². The zero-order valence-electron chi connectivity index (χ0n) is 13.8. The fourth-order valence-electron chi connectivity index (χ4n) is 3.43. The lowest BCUT2D eigenvalue weighted by molar-refractivity contribution is 0.0699. The Bertz CT molecular complexity index is 1080. The van der Waals surface area contributed by atoms with Crippen molar-refractivity contribution in [3.63, 3.8) is 0 Å². The normalized spacial score (nSPS) is 11.1. The lowest BCUT2D eigenvalue weighted by Gasteiger charge is -2.11.